The van der Waals surface area contributed by atoms with E-state index in [0.29, 0.717) is 35.1 Å². The number of pyridine rings is 2. The molecular weight excluding hydrogens is 1770 g/mol. The Balaban J connectivity index is 0.000000123. The molecule has 12 aromatic heterocycles. The van der Waals surface area contributed by atoms with E-state index in [1.807, 2.05) is 169 Å². The highest BCUT2D eigenvalue weighted by Crippen LogP contribution is 2.43. The number of carbonyl (C=O) groups is 8. The number of amides is 6. The number of Topliss-reactive ketones (excluding diaryl/α,β-unsaturated/α-hetero) is 2. The number of nitrogens with zero attached hydrogens (tertiary/aromatic N) is 10. The van der Waals surface area contributed by atoms with Crippen LogP contribution in [0.2, 0.25) is 0 Å². The zero-order valence-electron chi connectivity index (χ0n) is 74.3. The topological polar surface area (TPSA) is 334 Å². The summed E-state index contributed by atoms with van der Waals surface area (Å²) in [4.78, 5) is 136. The predicted molar refractivity (Wildman–Crippen MR) is 530 cm³/mol. The summed E-state index contributed by atoms with van der Waals surface area (Å²) in [6.07, 6.45) is 23.4. The zero-order chi connectivity index (χ0) is 91.8. The van der Waals surface area contributed by atoms with Gasteiger partial charge in [-0.05, 0) is 299 Å². The molecule has 4 aliphatic rings. The molecule has 132 heavy (non-hydrogen) atoms. The Labute approximate surface area is 788 Å². The fourth-order valence-electron chi connectivity index (χ4n) is 18.9. The van der Waals surface area contributed by atoms with Crippen LogP contribution in [-0.4, -0.2) is 119 Å². The minimum Gasteiger partial charge on any atom is -0.366 e. The van der Waals surface area contributed by atoms with Crippen molar-refractivity contribution in [2.24, 2.45) is 11.5 Å². The van der Waals surface area contributed by atoms with Gasteiger partial charge < -0.3 is 51.0 Å². The van der Waals surface area contributed by atoms with Gasteiger partial charge in [-0.15, -0.1) is 56.7 Å². The highest BCUT2D eigenvalue weighted by Gasteiger charge is 2.35. The Bertz CT molecular complexity index is 6490. The van der Waals surface area contributed by atoms with Crippen LogP contribution in [0.15, 0.2) is 205 Å². The number of imidazole rings is 4. The average Bonchev–Trinajstić information content (AvgIpc) is 1.62. The second-order valence-corrected chi connectivity index (χ2v) is 41.3. The number of aromatic nitrogens is 10. The Morgan fingerprint density at radius 3 is 1.05 bits per heavy atom. The number of hydrogen-bond donors (Lipinski definition) is 6. The third kappa shape index (κ3) is 20.7. The van der Waals surface area contributed by atoms with Crippen molar-refractivity contribution in [3.05, 3.63) is 266 Å². The van der Waals surface area contributed by atoms with Gasteiger partial charge in [-0.25, -0.2) is 19.9 Å². The lowest BCUT2D eigenvalue weighted by Crippen LogP contribution is -2.38. The normalized spacial score (nSPS) is 18.4. The Kier molecular flexibility index (Phi) is 28.4. The van der Waals surface area contributed by atoms with E-state index >= 15 is 0 Å². The number of aryl methyl sites for hydroxylation is 4. The Morgan fingerprint density at radius 2 is 0.720 bits per heavy atom. The van der Waals surface area contributed by atoms with Gasteiger partial charge in [0.1, 0.15) is 17.5 Å². The van der Waals surface area contributed by atoms with Crippen LogP contribution in [0, 0.1) is 27.7 Å². The molecule has 0 bridgehead atoms. The summed E-state index contributed by atoms with van der Waals surface area (Å²) in [5.41, 5.74) is 23.4. The van der Waals surface area contributed by atoms with Crippen molar-refractivity contribution in [2.75, 3.05) is 0 Å². The number of thiophene rings is 6. The minimum atomic E-state index is -0.473. The van der Waals surface area contributed by atoms with Crippen LogP contribution in [0.4, 0.5) is 0 Å². The molecule has 12 heterocycles. The summed E-state index contributed by atoms with van der Waals surface area (Å²) in [5.74, 6) is 2.89. The number of fused-ring (bicyclic) bond motifs is 4. The van der Waals surface area contributed by atoms with Crippen LogP contribution in [0.3, 0.4) is 0 Å². The van der Waals surface area contributed by atoms with Gasteiger partial charge in [0.15, 0.2) is 17.4 Å². The molecule has 6 amide bonds. The maximum Gasteiger partial charge on any atom is 0.261 e. The second-order valence-electron chi connectivity index (χ2n) is 34.4. The smallest absolute Gasteiger partial charge is 0.261 e. The van der Waals surface area contributed by atoms with Crippen molar-refractivity contribution < 1.29 is 38.4 Å². The largest absolute Gasteiger partial charge is 0.366 e. The minimum absolute atomic E-state index is 0.00491. The summed E-state index contributed by atoms with van der Waals surface area (Å²) >= 11 is 9.44. The average molecular weight is 1870 g/mol. The highest BCUT2D eigenvalue weighted by molar-refractivity contribution is 7.15. The lowest BCUT2D eigenvalue weighted by Gasteiger charge is -2.32. The molecule has 4 aliphatic carbocycles. The lowest BCUT2D eigenvalue weighted by molar-refractivity contribution is 0.0916. The van der Waals surface area contributed by atoms with E-state index in [9.17, 15) is 38.4 Å². The molecule has 8 N–H and O–H groups in total. The molecular formula is C102H104N16O8S6. The number of nitrogens with one attached hydrogen (secondary N) is 4. The SMILES string of the molecule is CCC(=O)c1ccc2c(c1)nc(-c1cccs1)n2C1CCCC(NC(=O)c2ccc(C)s2)C1.CCC(=O)c1ccc2c(c1)nc(-c1ccsc1)n2C1CCCC(NC(=O)c2ccc(C)s2)C1.Cc1ccc(C(=O)NC2CCCC(n3c(-c4cccnc4)nc4cc(C(N)=O)ccc43)C2)s1.Cc1ccc(C(=O)NC2CCCC(n3c(-c4ccncc4)nc4cc(C(N)=O)ccc43)C2)s1. The van der Waals surface area contributed by atoms with E-state index in [1.165, 1.54) is 45.3 Å². The van der Waals surface area contributed by atoms with Crippen molar-refractivity contribution in [3.8, 4) is 44.9 Å². The first-order valence-electron chi connectivity index (χ1n) is 45.2. The van der Waals surface area contributed by atoms with E-state index < -0.39 is 11.8 Å². The van der Waals surface area contributed by atoms with Gasteiger partial charge in [0.05, 0.1) is 68.5 Å². The predicted octanol–water partition coefficient (Wildman–Crippen LogP) is 22.2. The molecule has 16 aromatic rings. The molecule has 0 spiro atoms. The van der Waals surface area contributed by atoms with E-state index in [2.05, 4.69) is 77.8 Å². The molecule has 676 valence electrons. The van der Waals surface area contributed by atoms with Crippen LogP contribution in [0.5, 0.6) is 0 Å². The van der Waals surface area contributed by atoms with Gasteiger partial charge >= 0.3 is 0 Å². The third-order valence-corrected chi connectivity index (χ3v) is 30.8. The van der Waals surface area contributed by atoms with E-state index in [4.69, 9.17) is 31.4 Å². The quantitative estimate of drug-likeness (QED) is 0.0344. The number of rotatable bonds is 22. The van der Waals surface area contributed by atoms with Crippen molar-refractivity contribution >= 4 is 159 Å². The number of benzene rings is 4. The highest BCUT2D eigenvalue weighted by atomic mass is 32.1. The van der Waals surface area contributed by atoms with Crippen LogP contribution >= 0.6 is 68.0 Å². The van der Waals surface area contributed by atoms with Crippen LogP contribution in [-0.2, 0) is 0 Å². The van der Waals surface area contributed by atoms with Crippen LogP contribution in [0.25, 0.3) is 89.0 Å². The molecule has 4 saturated carbocycles. The second kappa shape index (κ2) is 41.1. The first-order valence-corrected chi connectivity index (χ1v) is 50.2. The molecule has 0 aliphatic heterocycles. The van der Waals surface area contributed by atoms with Gasteiger partial charge in [-0.3, -0.25) is 48.3 Å². The summed E-state index contributed by atoms with van der Waals surface area (Å²) in [5, 5.41) is 19.3. The number of ketones is 2. The van der Waals surface area contributed by atoms with Gasteiger partial charge in [0, 0.05) is 150 Å². The maximum atomic E-state index is 12.8. The molecule has 30 heteroatoms. The molecule has 4 fully saturated rings. The summed E-state index contributed by atoms with van der Waals surface area (Å²) in [6, 6.07) is 53.4. The summed E-state index contributed by atoms with van der Waals surface area (Å²) in [6.45, 7) is 11.8. The number of hydrogen-bond acceptors (Lipinski definition) is 20. The van der Waals surface area contributed by atoms with E-state index in [0.717, 1.165) is 231 Å². The molecule has 8 unspecified atom stereocenters. The number of primary amides is 2. The standard InChI is InChI=1S/2C26H27N3O2S2.2C25H25N5O2S/c1-3-22(30)17-10-11-21-20(14-17)28-25(23-8-5-13-32-23)29(21)19-7-4-6-18(15-19)27-26(31)24-12-9-16(2)33-24;1-3-23(30)17-8-9-22-21(13-17)28-25(18-11-12-32-15-18)29(22)20-6-4-5-19(14-20)27-26(31)24-10-7-16(2)33-24;1-15-7-10-22(33-15)25(32)28-18-5-2-6-19(13-18)30-21-9-8-16(23(26)31)12-20(21)29-24(30)17-4-3-11-27-14-17;1-15-5-8-22(33-15)25(32)28-18-3-2-4-19(14-18)30-21-7-6-17(23(26)31)13-20(21)29-24(30)16-9-11-27-12-10-16/h5,8-14,18-19H,3-4,6-7,15H2,1-2H3,(H,27,31);7-13,15,19-20H,3-6,14H2,1-2H3,(H,27,31);3-4,7-12,14,18-19H,2,5-6,13H2,1H3,(H2,26,31)(H,28,32);5-13,18-19H,2-4,14H2,1H3,(H2,26,31)(H,28,32). The van der Waals surface area contributed by atoms with E-state index in [1.54, 1.807) is 71.7 Å². The first-order chi connectivity index (χ1) is 64.0. The van der Waals surface area contributed by atoms with Crippen LogP contribution < -0.4 is 32.7 Å². The van der Waals surface area contributed by atoms with Gasteiger partial charge in [0.25, 0.3) is 23.6 Å². The third-order valence-electron chi connectivity index (χ3n) is 25.2. The fourth-order valence-corrected chi connectivity index (χ4v) is 23.3. The van der Waals surface area contributed by atoms with Crippen LogP contribution in [0.1, 0.15) is 253 Å². The van der Waals surface area contributed by atoms with Gasteiger partial charge in [-0.2, -0.15) is 11.3 Å². The fraction of sp³-hybridized carbons (Fsp3) is 0.314. The number of nitrogens with two attached hydrogens (primary N) is 2. The molecule has 0 radical (unpaired) electrons. The van der Waals surface area contributed by atoms with Crippen molar-refractivity contribution in [1.29, 1.82) is 0 Å². The van der Waals surface area contributed by atoms with Gasteiger partial charge in [-0.1, -0.05) is 19.9 Å². The molecule has 20 rings (SSSR count). The summed E-state index contributed by atoms with van der Waals surface area (Å²) < 4.78 is 9.17. The van der Waals surface area contributed by atoms with E-state index in [-0.39, 0.29) is 83.5 Å². The lowest BCUT2D eigenvalue weighted by atomic mass is 9.90. The first kappa shape index (κ1) is 91.3. The Hall–Kier alpha value is -12.6. The summed E-state index contributed by atoms with van der Waals surface area (Å²) in [7, 11) is 0. The molecule has 24 nitrogen and oxygen atoms in total. The molecule has 0 saturated heterocycles. The zero-order valence-corrected chi connectivity index (χ0v) is 79.2. The monoisotopic (exact) mass is 1870 g/mol. The molecule has 8 atom stereocenters. The van der Waals surface area contributed by atoms with Crippen molar-refractivity contribution in [1.82, 2.24) is 69.4 Å². The van der Waals surface area contributed by atoms with Gasteiger partial charge in [0.2, 0.25) is 11.8 Å². The number of carbonyl (C=O) groups excluding carboxylic acids is 8. The van der Waals surface area contributed by atoms with Crippen molar-refractivity contribution in [2.45, 2.75) is 205 Å². The molecule has 4 aromatic carbocycles. The maximum absolute atomic E-state index is 12.8. The van der Waals surface area contributed by atoms with Crippen molar-refractivity contribution in [3.63, 3.8) is 0 Å². The Morgan fingerprint density at radius 1 is 0.364 bits per heavy atom.